The number of azo groups is 1. The van der Waals surface area contributed by atoms with Gasteiger partial charge in [-0.15, -0.1) is 0 Å². The van der Waals surface area contributed by atoms with Crippen molar-refractivity contribution < 1.29 is 0 Å². The van der Waals surface area contributed by atoms with Crippen LogP contribution < -0.4 is 0 Å². The predicted molar refractivity (Wildman–Crippen MR) is 79.8 cm³/mol. The minimum atomic E-state index is -1.49. The van der Waals surface area contributed by atoms with E-state index in [4.69, 9.17) is 0 Å². The van der Waals surface area contributed by atoms with Crippen LogP contribution in [0, 0.1) is 29.6 Å². The summed E-state index contributed by atoms with van der Waals surface area (Å²) >= 11 is 0. The molecule has 0 spiro atoms. The molecule has 102 valence electrons. The first-order chi connectivity index (χ1) is 10.2. The Morgan fingerprint density at radius 1 is 0.952 bits per heavy atom. The lowest BCUT2D eigenvalue weighted by Crippen LogP contribution is -2.24. The second-order valence-corrected chi connectivity index (χ2v) is 4.78. The molecule has 0 heterocycles. The second kappa shape index (κ2) is 6.45. The van der Waals surface area contributed by atoms with E-state index in [-0.39, 0.29) is 6.42 Å². The van der Waals surface area contributed by atoms with E-state index in [9.17, 15) is 10.5 Å². The maximum absolute atomic E-state index is 9.33. The largest absolute Gasteiger partial charge is 0.256 e. The topological polar surface area (TPSA) is 72.3 Å². The molecule has 0 saturated heterocycles. The third-order valence-electron chi connectivity index (χ3n) is 3.04. The fourth-order valence-corrected chi connectivity index (χ4v) is 1.83. The number of hydrogen-bond donors (Lipinski definition) is 0. The molecule has 2 aromatic carbocycles. The van der Waals surface area contributed by atoms with E-state index in [1.54, 1.807) is 12.1 Å². The molecule has 0 bridgehead atoms. The molecule has 0 aliphatic carbocycles. The van der Waals surface area contributed by atoms with Gasteiger partial charge in [0.1, 0.15) is 12.1 Å². The van der Waals surface area contributed by atoms with Gasteiger partial charge in [-0.3, -0.25) is 0 Å². The zero-order valence-electron chi connectivity index (χ0n) is 11.7. The zero-order chi connectivity index (χ0) is 15.1. The molecule has 0 unspecified atom stereocenters. The van der Waals surface area contributed by atoms with E-state index < -0.39 is 5.54 Å². The fourth-order valence-electron chi connectivity index (χ4n) is 1.83. The van der Waals surface area contributed by atoms with Gasteiger partial charge in [0.05, 0.1) is 5.69 Å². The number of aryl methyl sites for hydroxylation is 1. The van der Waals surface area contributed by atoms with Crippen molar-refractivity contribution in [3.63, 3.8) is 0 Å². The van der Waals surface area contributed by atoms with Gasteiger partial charge in [-0.05, 0) is 24.6 Å². The maximum atomic E-state index is 9.33. The van der Waals surface area contributed by atoms with E-state index in [0.29, 0.717) is 5.69 Å². The van der Waals surface area contributed by atoms with Crippen molar-refractivity contribution in [3.8, 4) is 12.1 Å². The fraction of sp³-hybridized carbons (Fsp3) is 0.176. The molecule has 4 heteroatoms. The summed E-state index contributed by atoms with van der Waals surface area (Å²) in [6, 6.07) is 20.7. The van der Waals surface area contributed by atoms with Crippen LogP contribution in [0.2, 0.25) is 0 Å². The maximum Gasteiger partial charge on any atom is 0.256 e. The molecule has 0 amide bonds. The number of nitrogens with zero attached hydrogens (tertiary/aromatic N) is 4. The van der Waals surface area contributed by atoms with E-state index in [0.717, 1.165) is 11.1 Å². The summed E-state index contributed by atoms with van der Waals surface area (Å²) in [4.78, 5) is 0. The molecule has 0 fully saturated rings. The lowest BCUT2D eigenvalue weighted by atomic mass is 9.95. The molecule has 0 aliphatic heterocycles. The summed E-state index contributed by atoms with van der Waals surface area (Å²) in [5.74, 6) is 0. The summed E-state index contributed by atoms with van der Waals surface area (Å²) in [6.45, 7) is 1.98. The summed E-state index contributed by atoms with van der Waals surface area (Å²) in [5.41, 5.74) is 1.13. The summed E-state index contributed by atoms with van der Waals surface area (Å²) in [7, 11) is 0. The number of rotatable bonds is 4. The van der Waals surface area contributed by atoms with Gasteiger partial charge in [0.25, 0.3) is 5.54 Å². The van der Waals surface area contributed by atoms with E-state index in [1.807, 2.05) is 61.5 Å². The Morgan fingerprint density at radius 2 is 1.57 bits per heavy atom. The minimum absolute atomic E-state index is 0.218. The normalized spacial score (nSPS) is 11.0. The number of hydrogen-bond acceptors (Lipinski definition) is 4. The molecule has 0 N–H and O–H groups in total. The van der Waals surface area contributed by atoms with Gasteiger partial charge in [-0.2, -0.15) is 20.8 Å². The Morgan fingerprint density at radius 3 is 2.14 bits per heavy atom. The van der Waals surface area contributed by atoms with Gasteiger partial charge in [-0.1, -0.05) is 48.0 Å². The Balaban J connectivity index is 2.25. The van der Waals surface area contributed by atoms with Gasteiger partial charge in [0.15, 0.2) is 0 Å². The van der Waals surface area contributed by atoms with Crippen molar-refractivity contribution in [3.05, 3.63) is 65.7 Å². The van der Waals surface area contributed by atoms with Crippen molar-refractivity contribution in [2.75, 3.05) is 0 Å². The quantitative estimate of drug-likeness (QED) is 0.787. The van der Waals surface area contributed by atoms with Crippen LogP contribution in [0.25, 0.3) is 0 Å². The van der Waals surface area contributed by atoms with Gasteiger partial charge < -0.3 is 0 Å². The van der Waals surface area contributed by atoms with Crippen molar-refractivity contribution in [2.24, 2.45) is 10.2 Å². The zero-order valence-corrected chi connectivity index (χ0v) is 11.7. The molecule has 2 aromatic rings. The van der Waals surface area contributed by atoms with Crippen molar-refractivity contribution in [2.45, 2.75) is 18.9 Å². The lowest BCUT2D eigenvalue weighted by molar-refractivity contribution is 0.645. The van der Waals surface area contributed by atoms with E-state index >= 15 is 0 Å². The van der Waals surface area contributed by atoms with Crippen LogP contribution in [0.5, 0.6) is 0 Å². The van der Waals surface area contributed by atoms with Crippen molar-refractivity contribution in [1.29, 1.82) is 10.5 Å². The molecule has 4 nitrogen and oxygen atoms in total. The van der Waals surface area contributed by atoms with Crippen LogP contribution in [-0.4, -0.2) is 5.54 Å². The van der Waals surface area contributed by atoms with E-state index in [2.05, 4.69) is 10.2 Å². The summed E-state index contributed by atoms with van der Waals surface area (Å²) < 4.78 is 0. The molecular weight excluding hydrogens is 260 g/mol. The van der Waals surface area contributed by atoms with E-state index in [1.165, 1.54) is 0 Å². The Hall–Kier alpha value is -2.98. The highest BCUT2D eigenvalue weighted by atomic mass is 15.1. The molecule has 21 heavy (non-hydrogen) atoms. The standard InChI is InChI=1S/C17H14N4/c1-14-7-9-16(10-8-14)20-21-17(12-18,13-19)11-15-5-3-2-4-6-15/h2-10H,11H2,1H3. The Labute approximate surface area is 124 Å². The molecule has 2 rings (SSSR count). The highest BCUT2D eigenvalue weighted by molar-refractivity contribution is 5.38. The highest BCUT2D eigenvalue weighted by Gasteiger charge is 2.30. The molecule has 0 atom stereocenters. The minimum Gasteiger partial charge on any atom is -0.194 e. The summed E-state index contributed by atoms with van der Waals surface area (Å²) in [5, 5.41) is 26.7. The van der Waals surface area contributed by atoms with Crippen LogP contribution in [0.3, 0.4) is 0 Å². The van der Waals surface area contributed by atoms with Crippen LogP contribution in [0.15, 0.2) is 64.8 Å². The van der Waals surface area contributed by atoms with Crippen LogP contribution >= 0.6 is 0 Å². The average Bonchev–Trinajstić information content (AvgIpc) is 2.54. The van der Waals surface area contributed by atoms with Crippen LogP contribution in [0.4, 0.5) is 5.69 Å². The number of nitriles is 2. The van der Waals surface area contributed by atoms with Gasteiger partial charge in [0.2, 0.25) is 0 Å². The first kappa shape index (κ1) is 14.4. The van der Waals surface area contributed by atoms with Crippen LogP contribution in [-0.2, 0) is 6.42 Å². The van der Waals surface area contributed by atoms with Gasteiger partial charge >= 0.3 is 0 Å². The second-order valence-electron chi connectivity index (χ2n) is 4.78. The lowest BCUT2D eigenvalue weighted by Gasteiger charge is -2.11. The monoisotopic (exact) mass is 274 g/mol. The highest BCUT2D eigenvalue weighted by Crippen LogP contribution is 2.21. The number of benzene rings is 2. The summed E-state index contributed by atoms with van der Waals surface area (Å²) in [6.07, 6.45) is 0.218. The first-order valence-electron chi connectivity index (χ1n) is 6.53. The average molecular weight is 274 g/mol. The molecular formula is C17H14N4. The van der Waals surface area contributed by atoms with Crippen molar-refractivity contribution >= 4 is 5.69 Å². The van der Waals surface area contributed by atoms with Crippen molar-refractivity contribution in [1.82, 2.24) is 0 Å². The van der Waals surface area contributed by atoms with Crippen LogP contribution in [0.1, 0.15) is 11.1 Å². The smallest absolute Gasteiger partial charge is 0.194 e. The predicted octanol–water partition coefficient (Wildman–Crippen LogP) is 4.11. The van der Waals surface area contributed by atoms with Gasteiger partial charge in [-0.25, -0.2) is 0 Å². The molecule has 0 radical (unpaired) electrons. The first-order valence-corrected chi connectivity index (χ1v) is 6.53. The third kappa shape index (κ3) is 3.75. The third-order valence-corrected chi connectivity index (χ3v) is 3.04. The molecule has 0 aromatic heterocycles. The molecule has 0 aliphatic rings. The van der Waals surface area contributed by atoms with Gasteiger partial charge in [0, 0.05) is 6.42 Å². The SMILES string of the molecule is Cc1ccc(N=NC(C#N)(C#N)Cc2ccccc2)cc1. The Bertz CT molecular complexity index is 689. The molecule has 0 saturated carbocycles. The Kier molecular flexibility index (Phi) is 4.43.